The van der Waals surface area contributed by atoms with Crippen LogP contribution in [-0.4, -0.2) is 36.1 Å². The molecule has 0 bridgehead atoms. The van der Waals surface area contributed by atoms with E-state index in [1.807, 2.05) is 24.3 Å². The Labute approximate surface area is 154 Å². The summed E-state index contributed by atoms with van der Waals surface area (Å²) >= 11 is 0.0859. The quantitative estimate of drug-likeness (QED) is 0.469. The zero-order valence-electron chi connectivity index (χ0n) is 12.6. The van der Waals surface area contributed by atoms with Crippen LogP contribution in [0.25, 0.3) is 11.4 Å². The predicted molar refractivity (Wildman–Crippen MR) is 97.1 cm³/mol. The molecule has 1 aromatic heterocycles. The second-order valence-electron chi connectivity index (χ2n) is 4.88. The number of benzene rings is 2. The van der Waals surface area contributed by atoms with Crippen molar-refractivity contribution < 1.29 is 13.5 Å². The fourth-order valence-corrected chi connectivity index (χ4v) is 3.08. The average Bonchev–Trinajstić information content (AvgIpc) is 3.04. The van der Waals surface area contributed by atoms with E-state index < -0.39 is 11.1 Å². The summed E-state index contributed by atoms with van der Waals surface area (Å²) in [6, 6.07) is 12.6. The number of hydrogen-bond acceptors (Lipinski definition) is 5. The average molecular weight is 456 g/mol. The van der Waals surface area contributed by atoms with Crippen molar-refractivity contribution in [3.05, 3.63) is 51.6 Å². The van der Waals surface area contributed by atoms with Crippen LogP contribution in [0.5, 0.6) is 5.75 Å². The third-order valence-electron chi connectivity index (χ3n) is 3.32. The van der Waals surface area contributed by atoms with Crippen LogP contribution in [0, 0.1) is 3.57 Å². The van der Waals surface area contributed by atoms with Crippen LogP contribution >= 0.6 is 22.6 Å². The molecule has 9 heteroatoms. The first-order valence-electron chi connectivity index (χ1n) is 6.88. The van der Waals surface area contributed by atoms with Gasteiger partial charge in [0.25, 0.3) is 0 Å². The SMILES string of the molecule is COc1ccc(Cn2nnc(-c3cc(S(=O)O)ccc3I)n2)cc1. The van der Waals surface area contributed by atoms with Gasteiger partial charge in [-0.25, -0.2) is 4.21 Å². The summed E-state index contributed by atoms with van der Waals surface area (Å²) in [5.41, 5.74) is 1.69. The number of rotatable bonds is 5. The van der Waals surface area contributed by atoms with Crippen LogP contribution in [0.3, 0.4) is 0 Å². The highest BCUT2D eigenvalue weighted by molar-refractivity contribution is 14.1. The van der Waals surface area contributed by atoms with Gasteiger partial charge in [-0.1, -0.05) is 12.1 Å². The summed E-state index contributed by atoms with van der Waals surface area (Å²) in [5.74, 6) is 1.20. The zero-order chi connectivity index (χ0) is 17.1. The molecule has 2 aromatic carbocycles. The number of methoxy groups -OCH3 is 1. The van der Waals surface area contributed by atoms with Crippen molar-refractivity contribution in [3.63, 3.8) is 0 Å². The molecular weight excluding hydrogens is 443 g/mol. The summed E-state index contributed by atoms with van der Waals surface area (Å²) < 4.78 is 26.5. The molecule has 3 aromatic rings. The summed E-state index contributed by atoms with van der Waals surface area (Å²) in [6.07, 6.45) is 0. The Morgan fingerprint density at radius 1 is 1.25 bits per heavy atom. The maximum absolute atomic E-state index is 11.2. The minimum Gasteiger partial charge on any atom is -0.497 e. The molecule has 0 spiro atoms. The molecule has 1 unspecified atom stereocenters. The van der Waals surface area contributed by atoms with E-state index in [1.165, 1.54) is 4.80 Å². The molecule has 0 fully saturated rings. The smallest absolute Gasteiger partial charge is 0.206 e. The fraction of sp³-hybridized carbons (Fsp3) is 0.133. The first-order valence-corrected chi connectivity index (χ1v) is 9.07. The van der Waals surface area contributed by atoms with E-state index in [4.69, 9.17) is 4.74 Å². The van der Waals surface area contributed by atoms with Gasteiger partial charge < -0.3 is 9.29 Å². The van der Waals surface area contributed by atoms with E-state index in [2.05, 4.69) is 38.0 Å². The normalized spacial score (nSPS) is 12.1. The molecule has 7 nitrogen and oxygen atoms in total. The van der Waals surface area contributed by atoms with Crippen molar-refractivity contribution in [1.82, 2.24) is 20.2 Å². The molecule has 0 saturated carbocycles. The van der Waals surface area contributed by atoms with Gasteiger partial charge in [-0.2, -0.15) is 4.80 Å². The van der Waals surface area contributed by atoms with Gasteiger partial charge in [-0.3, -0.25) is 0 Å². The lowest BCUT2D eigenvalue weighted by molar-refractivity contribution is 0.414. The van der Waals surface area contributed by atoms with Crippen LogP contribution in [0.4, 0.5) is 0 Å². The number of hydrogen-bond donors (Lipinski definition) is 1. The van der Waals surface area contributed by atoms with Crippen LogP contribution in [-0.2, 0) is 17.6 Å². The number of halogens is 1. The second kappa shape index (κ2) is 7.36. The maximum atomic E-state index is 11.2. The Bertz CT molecular complexity index is 883. The van der Waals surface area contributed by atoms with E-state index in [0.29, 0.717) is 22.8 Å². The van der Waals surface area contributed by atoms with E-state index in [1.54, 1.807) is 25.3 Å². The Hall–Kier alpha value is -1.85. The molecule has 1 atom stereocenters. The van der Waals surface area contributed by atoms with E-state index in [9.17, 15) is 8.76 Å². The maximum Gasteiger partial charge on any atom is 0.206 e. The number of nitrogens with zero attached hydrogens (tertiary/aromatic N) is 4. The molecule has 0 radical (unpaired) electrons. The van der Waals surface area contributed by atoms with Crippen molar-refractivity contribution in [1.29, 1.82) is 0 Å². The Balaban J connectivity index is 1.85. The Kier molecular flexibility index (Phi) is 5.21. The van der Waals surface area contributed by atoms with Gasteiger partial charge in [0, 0.05) is 9.13 Å². The summed E-state index contributed by atoms with van der Waals surface area (Å²) in [4.78, 5) is 1.78. The molecule has 0 saturated heterocycles. The molecule has 3 rings (SSSR count). The molecule has 0 aliphatic heterocycles. The third kappa shape index (κ3) is 3.79. The van der Waals surface area contributed by atoms with Gasteiger partial charge in [0.2, 0.25) is 5.82 Å². The Morgan fingerprint density at radius 3 is 2.67 bits per heavy atom. The van der Waals surface area contributed by atoms with Crippen LogP contribution in [0.1, 0.15) is 5.56 Å². The van der Waals surface area contributed by atoms with E-state index >= 15 is 0 Å². The molecule has 0 aliphatic rings. The minimum atomic E-state index is -2.05. The lowest BCUT2D eigenvalue weighted by atomic mass is 10.2. The van der Waals surface area contributed by atoms with Crippen molar-refractivity contribution in [2.45, 2.75) is 11.4 Å². The topological polar surface area (TPSA) is 90.1 Å². The minimum absolute atomic E-state index is 0.303. The van der Waals surface area contributed by atoms with Gasteiger partial charge in [-0.15, -0.1) is 10.2 Å². The van der Waals surface area contributed by atoms with E-state index in [0.717, 1.165) is 14.9 Å². The Morgan fingerprint density at radius 2 is 2.00 bits per heavy atom. The van der Waals surface area contributed by atoms with Crippen LogP contribution in [0.2, 0.25) is 0 Å². The van der Waals surface area contributed by atoms with Gasteiger partial charge in [0.1, 0.15) is 5.75 Å². The molecule has 1 heterocycles. The van der Waals surface area contributed by atoms with Gasteiger partial charge >= 0.3 is 0 Å². The van der Waals surface area contributed by atoms with Crippen molar-refractivity contribution in [2.24, 2.45) is 0 Å². The highest BCUT2D eigenvalue weighted by atomic mass is 127. The third-order valence-corrected chi connectivity index (χ3v) is 4.91. The molecule has 0 aliphatic carbocycles. The molecule has 24 heavy (non-hydrogen) atoms. The van der Waals surface area contributed by atoms with Gasteiger partial charge in [0.05, 0.1) is 18.6 Å². The van der Waals surface area contributed by atoms with Crippen molar-refractivity contribution >= 4 is 33.7 Å². The predicted octanol–water partition coefficient (Wildman–Crippen LogP) is 2.58. The second-order valence-corrected chi connectivity index (χ2v) is 7.01. The lowest BCUT2D eigenvalue weighted by Crippen LogP contribution is -2.04. The summed E-state index contributed by atoms with van der Waals surface area (Å²) in [6.45, 7) is 0.471. The largest absolute Gasteiger partial charge is 0.497 e. The fourth-order valence-electron chi connectivity index (χ4n) is 2.10. The lowest BCUT2D eigenvalue weighted by Gasteiger charge is -2.03. The highest BCUT2D eigenvalue weighted by Gasteiger charge is 2.13. The molecular formula is C15H13IN4O3S. The highest BCUT2D eigenvalue weighted by Crippen LogP contribution is 2.24. The standard InChI is InChI=1S/C15H13IN4O3S/c1-23-11-4-2-10(3-5-11)9-20-18-15(17-19-20)13-8-12(24(21)22)6-7-14(13)16/h2-8H,9H2,1H3,(H,21,22). The number of aromatic nitrogens is 4. The van der Waals surface area contributed by atoms with Crippen LogP contribution < -0.4 is 4.74 Å². The van der Waals surface area contributed by atoms with Gasteiger partial charge in [0.15, 0.2) is 11.1 Å². The van der Waals surface area contributed by atoms with Crippen molar-refractivity contribution in [2.75, 3.05) is 7.11 Å². The monoisotopic (exact) mass is 456 g/mol. The molecule has 1 N–H and O–H groups in total. The zero-order valence-corrected chi connectivity index (χ0v) is 15.6. The first kappa shape index (κ1) is 17.0. The molecule has 0 amide bonds. The first-order chi connectivity index (χ1) is 11.6. The number of tetrazole rings is 1. The van der Waals surface area contributed by atoms with Gasteiger partial charge in [-0.05, 0) is 63.7 Å². The van der Waals surface area contributed by atoms with E-state index in [-0.39, 0.29) is 0 Å². The van der Waals surface area contributed by atoms with Crippen LogP contribution in [0.15, 0.2) is 47.4 Å². The summed E-state index contributed by atoms with van der Waals surface area (Å²) in [7, 11) is 1.62. The number of ether oxygens (including phenoxy) is 1. The summed E-state index contributed by atoms with van der Waals surface area (Å²) in [5, 5.41) is 12.5. The van der Waals surface area contributed by atoms with Crippen molar-refractivity contribution in [3.8, 4) is 17.1 Å². The molecule has 124 valence electrons.